The molecule has 0 aliphatic carbocycles. The number of likely N-dealkylation sites (tertiary alicyclic amines) is 1. The summed E-state index contributed by atoms with van der Waals surface area (Å²) in [5, 5.41) is 9.14. The molecule has 0 aromatic heterocycles. The highest BCUT2D eigenvalue weighted by Crippen LogP contribution is 2.41. The zero-order valence-corrected chi connectivity index (χ0v) is 14.3. The summed E-state index contributed by atoms with van der Waals surface area (Å²) in [5.41, 5.74) is 3.35. The molecule has 124 valence electrons. The van der Waals surface area contributed by atoms with E-state index in [9.17, 15) is 0 Å². The van der Waals surface area contributed by atoms with Gasteiger partial charge in [0, 0.05) is 37.0 Å². The van der Waals surface area contributed by atoms with Gasteiger partial charge in [0.15, 0.2) is 0 Å². The van der Waals surface area contributed by atoms with Crippen LogP contribution in [0.25, 0.3) is 0 Å². The Morgan fingerprint density at radius 2 is 1.96 bits per heavy atom. The molecule has 4 rings (SSSR count). The number of benzene rings is 2. The molecule has 0 bridgehead atoms. The first-order valence-electron chi connectivity index (χ1n) is 8.26. The van der Waals surface area contributed by atoms with Crippen LogP contribution in [0.4, 0.5) is 0 Å². The van der Waals surface area contributed by atoms with Crippen molar-refractivity contribution in [2.45, 2.75) is 12.3 Å². The first-order valence-corrected chi connectivity index (χ1v) is 8.26. The fourth-order valence-corrected chi connectivity index (χ4v) is 3.83. The second-order valence-electron chi connectivity index (χ2n) is 6.54. The van der Waals surface area contributed by atoms with Crippen molar-refractivity contribution in [1.82, 2.24) is 4.90 Å². The molecule has 2 aliphatic heterocycles. The molecule has 2 aromatic carbocycles. The van der Waals surface area contributed by atoms with Crippen LogP contribution in [0, 0.1) is 17.2 Å². The van der Waals surface area contributed by atoms with Crippen LogP contribution in [0.1, 0.15) is 22.6 Å². The van der Waals surface area contributed by atoms with Crippen LogP contribution in [0.15, 0.2) is 48.5 Å². The average Bonchev–Trinajstić information content (AvgIpc) is 3.04. The lowest BCUT2D eigenvalue weighted by Gasteiger charge is -2.27. The maximum atomic E-state index is 9.14. The minimum Gasteiger partial charge on any atom is -0.493 e. The molecule has 1 fully saturated rings. The van der Waals surface area contributed by atoms with Crippen molar-refractivity contribution in [2.75, 3.05) is 26.2 Å². The van der Waals surface area contributed by atoms with Gasteiger partial charge in [-0.1, -0.05) is 30.3 Å². The Morgan fingerprint density at radius 3 is 2.75 bits per heavy atom. The lowest BCUT2D eigenvalue weighted by molar-refractivity contribution is 0.213. The number of halogens is 1. The van der Waals surface area contributed by atoms with Gasteiger partial charge in [-0.25, -0.2) is 0 Å². The second-order valence-corrected chi connectivity index (χ2v) is 6.54. The lowest BCUT2D eigenvalue weighted by Crippen LogP contribution is -2.25. The third kappa shape index (κ3) is 3.26. The summed E-state index contributed by atoms with van der Waals surface area (Å²) >= 11 is 0. The number of nitrogens with zero attached hydrogens (tertiary/aromatic N) is 2. The van der Waals surface area contributed by atoms with Crippen LogP contribution in [-0.2, 0) is 6.42 Å². The topological polar surface area (TPSA) is 36.3 Å². The second kappa shape index (κ2) is 7.25. The van der Waals surface area contributed by atoms with Crippen molar-refractivity contribution in [2.24, 2.45) is 5.92 Å². The molecule has 4 heteroatoms. The van der Waals surface area contributed by atoms with Crippen molar-refractivity contribution in [3.05, 3.63) is 65.2 Å². The first-order chi connectivity index (χ1) is 11.3. The summed E-state index contributed by atoms with van der Waals surface area (Å²) < 4.78 is 5.91. The van der Waals surface area contributed by atoms with E-state index in [2.05, 4.69) is 41.3 Å². The van der Waals surface area contributed by atoms with E-state index in [-0.39, 0.29) is 12.4 Å². The molecular formula is C20H21ClN2O. The molecule has 0 radical (unpaired) electrons. The SMILES string of the molecule is Cl.N#Cc1ccc2c(c1)[C@H]1CN(CCc3ccccc3)C[C@@H]1CO2. The van der Waals surface area contributed by atoms with Crippen LogP contribution < -0.4 is 4.74 Å². The highest BCUT2D eigenvalue weighted by Gasteiger charge is 2.38. The summed E-state index contributed by atoms with van der Waals surface area (Å²) in [6.07, 6.45) is 1.09. The average molecular weight is 341 g/mol. The summed E-state index contributed by atoms with van der Waals surface area (Å²) in [6, 6.07) is 18.7. The molecule has 0 unspecified atom stereocenters. The number of hydrogen-bond acceptors (Lipinski definition) is 3. The smallest absolute Gasteiger partial charge is 0.122 e. The van der Waals surface area contributed by atoms with Crippen LogP contribution >= 0.6 is 12.4 Å². The fraction of sp³-hybridized carbons (Fsp3) is 0.350. The van der Waals surface area contributed by atoms with Gasteiger partial charge in [-0.15, -0.1) is 12.4 Å². The molecule has 2 heterocycles. The van der Waals surface area contributed by atoms with Gasteiger partial charge in [0.1, 0.15) is 5.75 Å². The molecule has 0 saturated carbocycles. The van der Waals surface area contributed by atoms with Gasteiger partial charge in [-0.05, 0) is 30.2 Å². The Balaban J connectivity index is 0.00000169. The maximum Gasteiger partial charge on any atom is 0.122 e. The summed E-state index contributed by atoms with van der Waals surface area (Å²) in [5.74, 6) is 2.02. The quantitative estimate of drug-likeness (QED) is 0.856. The number of hydrogen-bond donors (Lipinski definition) is 0. The van der Waals surface area contributed by atoms with E-state index < -0.39 is 0 Å². The lowest BCUT2D eigenvalue weighted by atomic mass is 9.86. The van der Waals surface area contributed by atoms with E-state index in [4.69, 9.17) is 10.00 Å². The predicted octanol–water partition coefficient (Wildman–Crippen LogP) is 3.63. The van der Waals surface area contributed by atoms with E-state index in [0.717, 1.165) is 44.0 Å². The van der Waals surface area contributed by atoms with Crippen LogP contribution in [0.3, 0.4) is 0 Å². The molecule has 2 aromatic rings. The van der Waals surface area contributed by atoms with E-state index in [0.29, 0.717) is 11.8 Å². The van der Waals surface area contributed by atoms with Crippen LogP contribution in [0.5, 0.6) is 5.75 Å². The monoisotopic (exact) mass is 340 g/mol. The third-order valence-electron chi connectivity index (χ3n) is 5.07. The van der Waals surface area contributed by atoms with Crippen molar-refractivity contribution in [1.29, 1.82) is 5.26 Å². The van der Waals surface area contributed by atoms with Gasteiger partial charge >= 0.3 is 0 Å². The van der Waals surface area contributed by atoms with E-state index >= 15 is 0 Å². The molecule has 0 N–H and O–H groups in total. The number of fused-ring (bicyclic) bond motifs is 3. The van der Waals surface area contributed by atoms with E-state index in [1.54, 1.807) is 0 Å². The van der Waals surface area contributed by atoms with Crippen molar-refractivity contribution in [3.63, 3.8) is 0 Å². The normalized spacial score (nSPS) is 21.8. The largest absolute Gasteiger partial charge is 0.493 e. The van der Waals surface area contributed by atoms with Crippen LogP contribution in [-0.4, -0.2) is 31.1 Å². The molecule has 1 saturated heterocycles. The first kappa shape index (κ1) is 16.8. The number of ether oxygens (including phenoxy) is 1. The predicted molar refractivity (Wildman–Crippen MR) is 96.7 cm³/mol. The molecule has 2 aliphatic rings. The van der Waals surface area contributed by atoms with Gasteiger partial charge in [0.05, 0.1) is 18.2 Å². The number of rotatable bonds is 3. The third-order valence-corrected chi connectivity index (χ3v) is 5.07. The molecule has 0 spiro atoms. The van der Waals surface area contributed by atoms with Gasteiger partial charge in [-0.2, -0.15) is 5.26 Å². The Labute approximate surface area is 149 Å². The maximum absolute atomic E-state index is 9.14. The summed E-state index contributed by atoms with van der Waals surface area (Å²) in [4.78, 5) is 2.54. The molecular weight excluding hydrogens is 320 g/mol. The fourth-order valence-electron chi connectivity index (χ4n) is 3.83. The Morgan fingerprint density at radius 1 is 1.12 bits per heavy atom. The molecule has 0 amide bonds. The van der Waals surface area contributed by atoms with Crippen molar-refractivity contribution >= 4 is 12.4 Å². The van der Waals surface area contributed by atoms with E-state index in [1.807, 2.05) is 18.2 Å². The van der Waals surface area contributed by atoms with Crippen molar-refractivity contribution in [3.8, 4) is 11.8 Å². The van der Waals surface area contributed by atoms with E-state index in [1.165, 1.54) is 11.1 Å². The van der Waals surface area contributed by atoms with Gasteiger partial charge in [0.25, 0.3) is 0 Å². The highest BCUT2D eigenvalue weighted by atomic mass is 35.5. The minimum absolute atomic E-state index is 0. The zero-order valence-electron chi connectivity index (χ0n) is 13.5. The number of nitriles is 1. The van der Waals surface area contributed by atoms with Crippen LogP contribution in [0.2, 0.25) is 0 Å². The molecule has 24 heavy (non-hydrogen) atoms. The van der Waals surface area contributed by atoms with Gasteiger partial charge < -0.3 is 9.64 Å². The van der Waals surface area contributed by atoms with Gasteiger partial charge in [0.2, 0.25) is 0 Å². The molecule has 3 nitrogen and oxygen atoms in total. The standard InChI is InChI=1S/C20H20N2O.ClH/c21-11-16-6-7-20-18(10-16)19-13-22(12-17(19)14-23-20)9-8-15-4-2-1-3-5-15;/h1-7,10,17,19H,8-9,12-14H2;1H/t17-,19+;/m1./s1. The highest BCUT2D eigenvalue weighted by molar-refractivity contribution is 5.85. The summed E-state index contributed by atoms with van der Waals surface area (Å²) in [7, 11) is 0. The van der Waals surface area contributed by atoms with Crippen molar-refractivity contribution < 1.29 is 4.74 Å². The Bertz CT molecular complexity index is 741. The Hall–Kier alpha value is -2.02. The Kier molecular flexibility index (Phi) is 5.08. The zero-order chi connectivity index (χ0) is 15.6. The minimum atomic E-state index is 0. The summed E-state index contributed by atoms with van der Waals surface area (Å²) in [6.45, 7) is 4.05. The molecule has 2 atom stereocenters. The van der Waals surface area contributed by atoms with Gasteiger partial charge in [-0.3, -0.25) is 0 Å².